The Balaban J connectivity index is 1.84. The lowest BCUT2D eigenvalue weighted by atomic mass is 10.2. The highest BCUT2D eigenvalue weighted by Gasteiger charge is 2.15. The third-order valence-electron chi connectivity index (χ3n) is 4.14. The van der Waals surface area contributed by atoms with E-state index in [0.29, 0.717) is 28.0 Å². The molecule has 1 heterocycles. The lowest BCUT2D eigenvalue weighted by Gasteiger charge is -2.10. The minimum absolute atomic E-state index is 0.0357. The van der Waals surface area contributed by atoms with Crippen molar-refractivity contribution in [2.45, 2.75) is 13.8 Å². The summed E-state index contributed by atoms with van der Waals surface area (Å²) < 4.78 is 26.3. The maximum absolute atomic E-state index is 12.9. The van der Waals surface area contributed by atoms with Gasteiger partial charge in [-0.05, 0) is 50.2 Å². The number of hydrogen-bond donors (Lipinski definition) is 0. The topological polar surface area (TPSA) is 101 Å². The monoisotopic (exact) mass is 412 g/mol. The van der Waals surface area contributed by atoms with Gasteiger partial charge in [0.25, 0.3) is 0 Å². The number of benzene rings is 2. The molecule has 0 saturated carbocycles. The number of carbonyl (C=O) groups is 2. The van der Waals surface area contributed by atoms with E-state index in [4.69, 9.17) is 18.6 Å². The van der Waals surface area contributed by atoms with Gasteiger partial charge in [-0.3, -0.25) is 4.79 Å². The van der Waals surface area contributed by atoms with Crippen LogP contribution in [0.2, 0.25) is 0 Å². The predicted molar refractivity (Wildman–Crippen MR) is 107 cm³/mol. The first-order chi connectivity index (χ1) is 14.4. The molecule has 0 amide bonds. The van der Waals surface area contributed by atoms with Gasteiger partial charge in [0, 0.05) is 6.07 Å². The predicted octanol–water partition coefficient (Wildman–Crippen LogP) is 3.62. The summed E-state index contributed by atoms with van der Waals surface area (Å²) in [7, 11) is 1.30. The van der Waals surface area contributed by atoms with Crippen LogP contribution in [0.1, 0.15) is 23.0 Å². The number of esters is 2. The molecule has 2 aromatic carbocycles. The van der Waals surface area contributed by atoms with Crippen molar-refractivity contribution in [2.75, 3.05) is 20.3 Å². The molecule has 0 bridgehead atoms. The Morgan fingerprint density at radius 1 is 1.03 bits per heavy atom. The van der Waals surface area contributed by atoms with E-state index in [1.807, 2.05) is 0 Å². The number of carbonyl (C=O) groups excluding carboxylic acids is 2. The molecular formula is C22H20O8. The number of aryl methyl sites for hydroxylation is 1. The second kappa shape index (κ2) is 9.13. The Morgan fingerprint density at radius 2 is 1.73 bits per heavy atom. The highest BCUT2D eigenvalue weighted by atomic mass is 16.6. The van der Waals surface area contributed by atoms with E-state index < -0.39 is 11.9 Å². The SMILES string of the molecule is CCOC(=O)COc1ccc2c(=O)c(Oc3ccc(C(=O)OC)cc3)c(C)oc2c1. The second-order valence-corrected chi connectivity index (χ2v) is 6.19. The first kappa shape index (κ1) is 20.9. The summed E-state index contributed by atoms with van der Waals surface area (Å²) in [5.41, 5.74) is 0.303. The number of ether oxygens (including phenoxy) is 4. The minimum Gasteiger partial charge on any atom is -0.482 e. The molecule has 0 N–H and O–H groups in total. The van der Waals surface area contributed by atoms with Crippen molar-refractivity contribution in [3.63, 3.8) is 0 Å². The van der Waals surface area contributed by atoms with Crippen LogP contribution in [-0.2, 0) is 14.3 Å². The van der Waals surface area contributed by atoms with Gasteiger partial charge in [0.15, 0.2) is 6.61 Å². The summed E-state index contributed by atoms with van der Waals surface area (Å²) in [6.07, 6.45) is 0. The van der Waals surface area contributed by atoms with Gasteiger partial charge >= 0.3 is 11.9 Å². The molecule has 0 unspecified atom stereocenters. The standard InChI is InChI=1S/C22H20O8/c1-4-27-19(23)12-28-16-9-10-17-18(11-16)29-13(2)21(20(17)24)30-15-7-5-14(6-8-15)22(25)26-3/h5-11H,4,12H2,1-3H3. The van der Waals surface area contributed by atoms with Crippen molar-refractivity contribution in [2.24, 2.45) is 0 Å². The molecule has 0 saturated heterocycles. The highest BCUT2D eigenvalue weighted by Crippen LogP contribution is 2.27. The first-order valence-corrected chi connectivity index (χ1v) is 9.15. The molecule has 30 heavy (non-hydrogen) atoms. The molecule has 3 aromatic rings. The fourth-order valence-corrected chi connectivity index (χ4v) is 2.72. The summed E-state index contributed by atoms with van der Waals surface area (Å²) in [5.74, 6) is 0.0821. The largest absolute Gasteiger partial charge is 0.482 e. The molecule has 0 atom stereocenters. The van der Waals surface area contributed by atoms with Crippen LogP contribution in [0, 0.1) is 6.92 Å². The van der Waals surface area contributed by atoms with Crippen molar-refractivity contribution in [3.8, 4) is 17.2 Å². The quantitative estimate of drug-likeness (QED) is 0.542. The van der Waals surface area contributed by atoms with Crippen molar-refractivity contribution in [1.29, 1.82) is 0 Å². The molecule has 8 heteroatoms. The zero-order chi connectivity index (χ0) is 21.7. The molecule has 0 aliphatic carbocycles. The average molecular weight is 412 g/mol. The molecule has 0 fully saturated rings. The third-order valence-corrected chi connectivity index (χ3v) is 4.14. The maximum Gasteiger partial charge on any atom is 0.344 e. The van der Waals surface area contributed by atoms with Gasteiger partial charge in [-0.15, -0.1) is 0 Å². The molecule has 8 nitrogen and oxygen atoms in total. The molecule has 0 aliphatic heterocycles. The molecule has 0 spiro atoms. The molecular weight excluding hydrogens is 392 g/mol. The van der Waals surface area contributed by atoms with E-state index in [9.17, 15) is 14.4 Å². The van der Waals surface area contributed by atoms with Crippen LogP contribution in [0.3, 0.4) is 0 Å². The lowest BCUT2D eigenvalue weighted by molar-refractivity contribution is -0.145. The first-order valence-electron chi connectivity index (χ1n) is 9.15. The van der Waals surface area contributed by atoms with Gasteiger partial charge in [0.2, 0.25) is 11.2 Å². The highest BCUT2D eigenvalue weighted by molar-refractivity contribution is 5.89. The third kappa shape index (κ3) is 4.60. The van der Waals surface area contributed by atoms with Crippen LogP contribution in [0.4, 0.5) is 0 Å². The minimum atomic E-state index is -0.489. The van der Waals surface area contributed by atoms with Gasteiger partial charge in [-0.2, -0.15) is 0 Å². The Bertz CT molecular complexity index is 1130. The summed E-state index contributed by atoms with van der Waals surface area (Å²) >= 11 is 0. The van der Waals surface area contributed by atoms with E-state index in [1.165, 1.54) is 31.4 Å². The van der Waals surface area contributed by atoms with Crippen LogP contribution in [0.25, 0.3) is 11.0 Å². The number of hydrogen-bond acceptors (Lipinski definition) is 8. The molecule has 0 aliphatic rings. The van der Waals surface area contributed by atoms with Crippen molar-refractivity contribution < 1.29 is 33.0 Å². The summed E-state index contributed by atoms with van der Waals surface area (Å²) in [5, 5.41) is 0.297. The Kier molecular flexibility index (Phi) is 6.36. The van der Waals surface area contributed by atoms with Crippen LogP contribution >= 0.6 is 0 Å². The Hall–Kier alpha value is -3.81. The van der Waals surface area contributed by atoms with Gasteiger partial charge < -0.3 is 23.4 Å². The van der Waals surface area contributed by atoms with E-state index in [0.717, 1.165) is 0 Å². The van der Waals surface area contributed by atoms with Crippen molar-refractivity contribution >= 4 is 22.9 Å². The van der Waals surface area contributed by atoms with E-state index in [1.54, 1.807) is 32.0 Å². The lowest BCUT2D eigenvalue weighted by Crippen LogP contribution is -2.14. The fraction of sp³-hybridized carbons (Fsp3) is 0.227. The maximum atomic E-state index is 12.9. The zero-order valence-electron chi connectivity index (χ0n) is 16.7. The molecule has 1 aromatic heterocycles. The van der Waals surface area contributed by atoms with E-state index in [-0.39, 0.29) is 30.2 Å². The van der Waals surface area contributed by atoms with Crippen LogP contribution in [0.5, 0.6) is 17.2 Å². The second-order valence-electron chi connectivity index (χ2n) is 6.19. The summed E-state index contributed by atoms with van der Waals surface area (Å²) in [6, 6.07) is 10.8. The van der Waals surface area contributed by atoms with Crippen LogP contribution < -0.4 is 14.9 Å². The van der Waals surface area contributed by atoms with E-state index >= 15 is 0 Å². The van der Waals surface area contributed by atoms with Gasteiger partial charge in [0.1, 0.15) is 22.8 Å². The van der Waals surface area contributed by atoms with Crippen LogP contribution in [-0.4, -0.2) is 32.3 Å². The van der Waals surface area contributed by atoms with Gasteiger partial charge in [-0.1, -0.05) is 0 Å². The summed E-state index contributed by atoms with van der Waals surface area (Å²) in [4.78, 5) is 35.8. The number of methoxy groups -OCH3 is 1. The zero-order valence-corrected chi connectivity index (χ0v) is 16.7. The Labute approximate surface area is 171 Å². The van der Waals surface area contributed by atoms with E-state index in [2.05, 4.69) is 4.74 Å². The summed E-state index contributed by atoms with van der Waals surface area (Å²) in [6.45, 7) is 3.33. The fourth-order valence-electron chi connectivity index (χ4n) is 2.72. The van der Waals surface area contributed by atoms with Gasteiger partial charge in [0.05, 0.1) is 24.7 Å². The van der Waals surface area contributed by atoms with Gasteiger partial charge in [-0.25, -0.2) is 9.59 Å². The van der Waals surface area contributed by atoms with Crippen LogP contribution in [0.15, 0.2) is 51.7 Å². The number of rotatable bonds is 7. The number of fused-ring (bicyclic) bond motifs is 1. The van der Waals surface area contributed by atoms with Crippen molar-refractivity contribution in [3.05, 3.63) is 64.0 Å². The molecule has 156 valence electrons. The molecule has 0 radical (unpaired) electrons. The average Bonchev–Trinajstić information content (AvgIpc) is 2.75. The Morgan fingerprint density at radius 3 is 2.40 bits per heavy atom. The smallest absolute Gasteiger partial charge is 0.344 e. The molecule has 3 rings (SSSR count). The van der Waals surface area contributed by atoms with Crippen molar-refractivity contribution in [1.82, 2.24) is 0 Å². The normalized spacial score (nSPS) is 10.5.